The normalized spacial score (nSPS) is 11.9. The molecule has 1 aromatic rings. The van der Waals surface area contributed by atoms with E-state index in [1.54, 1.807) is 12.1 Å². The van der Waals surface area contributed by atoms with Gasteiger partial charge < -0.3 is 20.3 Å². The number of hydrogen-bond acceptors (Lipinski definition) is 4. The van der Waals surface area contributed by atoms with Crippen LogP contribution in [0.4, 0.5) is 5.69 Å². The Morgan fingerprint density at radius 1 is 1.53 bits per heavy atom. The number of aliphatic carboxylic acids is 1. The molecule has 0 saturated heterocycles. The molecule has 0 aliphatic rings. The molecule has 1 atom stereocenters. The maximum Gasteiger partial charge on any atom is 0.325 e. The lowest BCUT2D eigenvalue weighted by Crippen LogP contribution is -2.25. The maximum atomic E-state index is 10.6. The molecule has 1 aromatic carbocycles. The van der Waals surface area contributed by atoms with E-state index in [0.29, 0.717) is 11.4 Å². The molecule has 0 aliphatic heterocycles. The Morgan fingerprint density at radius 3 is 2.67 bits per heavy atom. The van der Waals surface area contributed by atoms with Crippen LogP contribution in [0.15, 0.2) is 18.2 Å². The number of carboxylic acids is 1. The number of aromatic hydroxyl groups is 1. The molecule has 0 fully saturated rings. The predicted molar refractivity (Wildman–Crippen MR) is 55.4 cm³/mol. The first-order valence-corrected chi connectivity index (χ1v) is 4.41. The summed E-state index contributed by atoms with van der Waals surface area (Å²) in [5, 5.41) is 20.8. The number of nitrogens with one attached hydrogen (secondary N) is 1. The van der Waals surface area contributed by atoms with Crippen LogP contribution in [0.25, 0.3) is 0 Å². The molecule has 1 rings (SSSR count). The summed E-state index contributed by atoms with van der Waals surface area (Å²) < 4.78 is 4.86. The maximum absolute atomic E-state index is 10.6. The Morgan fingerprint density at radius 2 is 2.20 bits per heavy atom. The number of carboxylic acid groups (broad SMARTS) is 1. The number of anilines is 1. The van der Waals surface area contributed by atoms with E-state index in [-0.39, 0.29) is 5.75 Å². The molecule has 82 valence electrons. The van der Waals surface area contributed by atoms with Gasteiger partial charge in [-0.25, -0.2) is 0 Å². The summed E-state index contributed by atoms with van der Waals surface area (Å²) in [5.41, 5.74) is 0.531. The number of methoxy groups -OCH3 is 1. The van der Waals surface area contributed by atoms with Gasteiger partial charge in [-0.15, -0.1) is 0 Å². The second kappa shape index (κ2) is 4.54. The van der Waals surface area contributed by atoms with E-state index >= 15 is 0 Å². The van der Waals surface area contributed by atoms with E-state index in [4.69, 9.17) is 9.84 Å². The third-order valence-electron chi connectivity index (χ3n) is 1.93. The lowest BCUT2D eigenvalue weighted by molar-refractivity contribution is -0.137. The Balaban J connectivity index is 2.79. The van der Waals surface area contributed by atoms with Crippen molar-refractivity contribution < 1.29 is 19.7 Å². The quantitative estimate of drug-likeness (QED) is 0.699. The van der Waals surface area contributed by atoms with Crippen LogP contribution in [0.3, 0.4) is 0 Å². The van der Waals surface area contributed by atoms with Crippen LogP contribution in [-0.2, 0) is 4.79 Å². The van der Waals surface area contributed by atoms with Crippen molar-refractivity contribution in [3.05, 3.63) is 18.2 Å². The highest BCUT2D eigenvalue weighted by Crippen LogP contribution is 2.28. The van der Waals surface area contributed by atoms with Crippen molar-refractivity contribution in [3.8, 4) is 11.5 Å². The molecular weight excluding hydrogens is 198 g/mol. The minimum atomic E-state index is -0.953. The Bertz CT molecular complexity index is 364. The first-order valence-electron chi connectivity index (χ1n) is 4.41. The minimum Gasteiger partial charge on any atom is -0.504 e. The largest absolute Gasteiger partial charge is 0.504 e. The first kappa shape index (κ1) is 11.2. The molecule has 0 radical (unpaired) electrons. The van der Waals surface area contributed by atoms with Crippen LogP contribution in [-0.4, -0.2) is 29.3 Å². The third-order valence-corrected chi connectivity index (χ3v) is 1.93. The van der Waals surface area contributed by atoms with E-state index in [0.717, 1.165) is 0 Å². The highest BCUT2D eigenvalue weighted by Gasteiger charge is 2.11. The average molecular weight is 211 g/mol. The smallest absolute Gasteiger partial charge is 0.325 e. The highest BCUT2D eigenvalue weighted by molar-refractivity contribution is 5.77. The molecule has 0 aromatic heterocycles. The fourth-order valence-corrected chi connectivity index (χ4v) is 1.09. The SMILES string of the molecule is COc1ccc(N[C@@H](C)C(=O)O)cc1O. The number of phenols is 1. The van der Waals surface area contributed by atoms with Crippen molar-refractivity contribution in [1.82, 2.24) is 0 Å². The van der Waals surface area contributed by atoms with E-state index in [9.17, 15) is 9.90 Å². The number of benzene rings is 1. The zero-order valence-corrected chi connectivity index (χ0v) is 8.52. The van der Waals surface area contributed by atoms with Gasteiger partial charge in [-0.05, 0) is 19.1 Å². The minimum absolute atomic E-state index is 0.0277. The standard InChI is InChI=1S/C10H13NO4/c1-6(10(13)14)11-7-3-4-9(15-2)8(12)5-7/h3-6,11-12H,1-2H3,(H,13,14)/t6-/m0/s1. The van der Waals surface area contributed by atoms with E-state index in [1.165, 1.54) is 20.1 Å². The van der Waals surface area contributed by atoms with Crippen LogP contribution < -0.4 is 10.1 Å². The number of carbonyl (C=O) groups is 1. The molecule has 5 heteroatoms. The van der Waals surface area contributed by atoms with Crippen molar-refractivity contribution in [2.75, 3.05) is 12.4 Å². The highest BCUT2D eigenvalue weighted by atomic mass is 16.5. The van der Waals surface area contributed by atoms with Gasteiger partial charge in [-0.1, -0.05) is 0 Å². The lowest BCUT2D eigenvalue weighted by atomic mass is 10.2. The molecule has 0 spiro atoms. The van der Waals surface area contributed by atoms with Crippen molar-refractivity contribution >= 4 is 11.7 Å². The van der Waals surface area contributed by atoms with Crippen molar-refractivity contribution in [2.24, 2.45) is 0 Å². The van der Waals surface area contributed by atoms with Crippen LogP contribution >= 0.6 is 0 Å². The zero-order valence-electron chi connectivity index (χ0n) is 8.52. The van der Waals surface area contributed by atoms with Crippen molar-refractivity contribution in [2.45, 2.75) is 13.0 Å². The lowest BCUT2D eigenvalue weighted by Gasteiger charge is -2.11. The van der Waals surface area contributed by atoms with Gasteiger partial charge >= 0.3 is 5.97 Å². The molecule has 5 nitrogen and oxygen atoms in total. The summed E-state index contributed by atoms with van der Waals surface area (Å²) in [4.78, 5) is 10.6. The Labute approximate surface area is 87.3 Å². The Hall–Kier alpha value is -1.91. The van der Waals surface area contributed by atoms with Crippen LogP contribution in [0.1, 0.15) is 6.92 Å². The van der Waals surface area contributed by atoms with Gasteiger partial charge in [0.2, 0.25) is 0 Å². The number of hydrogen-bond donors (Lipinski definition) is 3. The van der Waals surface area contributed by atoms with Crippen molar-refractivity contribution in [1.29, 1.82) is 0 Å². The number of phenolic OH excluding ortho intramolecular Hbond substituents is 1. The van der Waals surface area contributed by atoms with Gasteiger partial charge in [0.1, 0.15) is 6.04 Å². The average Bonchev–Trinajstić information content (AvgIpc) is 2.18. The zero-order chi connectivity index (χ0) is 11.4. The molecule has 3 N–H and O–H groups in total. The van der Waals surface area contributed by atoms with Gasteiger partial charge in [0.05, 0.1) is 7.11 Å². The van der Waals surface area contributed by atoms with E-state index < -0.39 is 12.0 Å². The number of ether oxygens (including phenoxy) is 1. The summed E-state index contributed by atoms with van der Waals surface area (Å²) >= 11 is 0. The summed E-state index contributed by atoms with van der Waals surface area (Å²) in [5.74, 6) is -0.631. The summed E-state index contributed by atoms with van der Waals surface area (Å²) in [6, 6.07) is 3.90. The summed E-state index contributed by atoms with van der Waals surface area (Å²) in [6.07, 6.45) is 0. The molecule has 0 bridgehead atoms. The fraction of sp³-hybridized carbons (Fsp3) is 0.300. The monoisotopic (exact) mass is 211 g/mol. The van der Waals surface area contributed by atoms with Crippen LogP contribution in [0, 0.1) is 0 Å². The summed E-state index contributed by atoms with van der Waals surface area (Å²) in [6.45, 7) is 1.52. The summed E-state index contributed by atoms with van der Waals surface area (Å²) in [7, 11) is 1.45. The van der Waals surface area contributed by atoms with Crippen LogP contribution in [0.2, 0.25) is 0 Å². The Kier molecular flexibility index (Phi) is 3.38. The van der Waals surface area contributed by atoms with Gasteiger partial charge in [0.15, 0.2) is 11.5 Å². The molecule has 0 unspecified atom stereocenters. The second-order valence-corrected chi connectivity index (χ2v) is 3.09. The van der Waals surface area contributed by atoms with Crippen LogP contribution in [0.5, 0.6) is 11.5 Å². The topological polar surface area (TPSA) is 78.8 Å². The van der Waals surface area contributed by atoms with E-state index in [1.807, 2.05) is 0 Å². The molecule has 0 amide bonds. The van der Waals surface area contributed by atoms with E-state index in [2.05, 4.69) is 5.32 Å². The first-order chi connectivity index (χ1) is 7.04. The second-order valence-electron chi connectivity index (χ2n) is 3.09. The molecule has 0 saturated carbocycles. The fourth-order valence-electron chi connectivity index (χ4n) is 1.09. The molecule has 15 heavy (non-hydrogen) atoms. The third kappa shape index (κ3) is 2.77. The molecular formula is C10H13NO4. The molecule has 0 heterocycles. The van der Waals surface area contributed by atoms with Crippen molar-refractivity contribution in [3.63, 3.8) is 0 Å². The molecule has 0 aliphatic carbocycles. The predicted octanol–water partition coefficient (Wildman–Crippen LogP) is 1.29. The van der Waals surface area contributed by atoms with Gasteiger partial charge in [0.25, 0.3) is 0 Å². The van der Waals surface area contributed by atoms with Gasteiger partial charge in [-0.2, -0.15) is 0 Å². The number of rotatable bonds is 4. The van der Waals surface area contributed by atoms with Gasteiger partial charge in [0, 0.05) is 11.8 Å². The van der Waals surface area contributed by atoms with Gasteiger partial charge in [-0.3, -0.25) is 4.79 Å².